The fourth-order valence-corrected chi connectivity index (χ4v) is 4.38. The van der Waals surface area contributed by atoms with Crippen LogP contribution in [-0.4, -0.2) is 22.8 Å². The lowest BCUT2D eigenvalue weighted by Crippen LogP contribution is -2.29. The molecule has 4 rings (SSSR count). The highest BCUT2D eigenvalue weighted by Gasteiger charge is 2.47. The van der Waals surface area contributed by atoms with E-state index in [0.717, 1.165) is 22.0 Å². The maximum absolute atomic E-state index is 13.3. The number of aryl methyl sites for hydroxylation is 2. The van der Waals surface area contributed by atoms with E-state index in [2.05, 4.69) is 15.9 Å². The van der Waals surface area contributed by atoms with Crippen molar-refractivity contribution >= 4 is 45.0 Å². The number of carbonyl (C=O) groups is 3. The zero-order valence-electron chi connectivity index (χ0n) is 19.5. The van der Waals surface area contributed by atoms with E-state index in [1.807, 2.05) is 26.0 Å². The number of benzene rings is 3. The predicted octanol–water partition coefficient (Wildman–Crippen LogP) is 5.87. The summed E-state index contributed by atoms with van der Waals surface area (Å²) >= 11 is 3.44. The zero-order valence-corrected chi connectivity index (χ0v) is 21.1. The minimum atomic E-state index is -0.863. The Morgan fingerprint density at radius 3 is 2.26 bits per heavy atom. The lowest BCUT2D eigenvalue weighted by Gasteiger charge is -2.25. The first kappa shape index (κ1) is 24.4. The molecule has 1 amide bonds. The molecule has 3 aromatic rings. The molecule has 7 heteroatoms. The van der Waals surface area contributed by atoms with Gasteiger partial charge in [0.1, 0.15) is 11.5 Å². The molecule has 3 aromatic carbocycles. The van der Waals surface area contributed by atoms with E-state index in [9.17, 15) is 19.5 Å². The molecule has 1 N–H and O–H groups in total. The molecular formula is C28H24BrNO5. The minimum absolute atomic E-state index is 0.00322. The normalized spacial score (nSPS) is 17.0. The van der Waals surface area contributed by atoms with Crippen LogP contribution in [0.4, 0.5) is 5.69 Å². The Balaban J connectivity index is 1.89. The van der Waals surface area contributed by atoms with E-state index in [1.165, 1.54) is 11.8 Å². The quantitative estimate of drug-likeness (QED) is 0.146. The van der Waals surface area contributed by atoms with Crippen molar-refractivity contribution in [2.24, 2.45) is 0 Å². The monoisotopic (exact) mass is 533 g/mol. The van der Waals surface area contributed by atoms with Crippen LogP contribution in [0.25, 0.3) is 5.76 Å². The van der Waals surface area contributed by atoms with Gasteiger partial charge in [-0.2, -0.15) is 0 Å². The van der Waals surface area contributed by atoms with E-state index >= 15 is 0 Å². The van der Waals surface area contributed by atoms with Crippen molar-refractivity contribution in [2.75, 3.05) is 4.90 Å². The third kappa shape index (κ3) is 4.77. The smallest absolute Gasteiger partial charge is 0.308 e. The van der Waals surface area contributed by atoms with Gasteiger partial charge in [-0.3, -0.25) is 19.3 Å². The van der Waals surface area contributed by atoms with E-state index in [0.29, 0.717) is 22.6 Å². The first-order chi connectivity index (χ1) is 16.7. The Kier molecular flexibility index (Phi) is 6.89. The maximum atomic E-state index is 13.3. The average molecular weight is 534 g/mol. The fourth-order valence-electron chi connectivity index (χ4n) is 4.14. The van der Waals surface area contributed by atoms with Crippen molar-refractivity contribution < 1.29 is 24.2 Å². The first-order valence-electron chi connectivity index (χ1n) is 11.2. The van der Waals surface area contributed by atoms with Crippen LogP contribution in [0.5, 0.6) is 5.75 Å². The number of ketones is 1. The van der Waals surface area contributed by atoms with Crippen molar-refractivity contribution in [2.45, 2.75) is 33.2 Å². The molecule has 1 heterocycles. The van der Waals surface area contributed by atoms with Crippen molar-refractivity contribution in [3.05, 3.63) is 99.0 Å². The van der Waals surface area contributed by atoms with Crippen molar-refractivity contribution in [3.8, 4) is 5.75 Å². The number of carbonyl (C=O) groups excluding carboxylic acids is 3. The molecule has 1 saturated heterocycles. The Hall–Kier alpha value is -3.71. The lowest BCUT2D eigenvalue weighted by molar-refractivity contribution is -0.132. The SMILES string of the molecule is CCc1ccc(N2C(=O)C(=O)/C(=C(\O)c3ccc(Br)c(C)c3)C2c2ccc(OC(C)=O)cc2)cc1. The summed E-state index contributed by atoms with van der Waals surface area (Å²) in [6, 6.07) is 18.3. The Bertz CT molecular complexity index is 1340. The van der Waals surface area contributed by atoms with Gasteiger partial charge >= 0.3 is 5.97 Å². The lowest BCUT2D eigenvalue weighted by atomic mass is 9.94. The highest BCUT2D eigenvalue weighted by molar-refractivity contribution is 9.10. The molecule has 0 bridgehead atoms. The summed E-state index contributed by atoms with van der Waals surface area (Å²) in [5.41, 5.74) is 3.54. The van der Waals surface area contributed by atoms with Crippen LogP contribution in [0.15, 0.2) is 76.8 Å². The molecule has 0 spiro atoms. The number of esters is 1. The van der Waals surface area contributed by atoms with E-state index in [-0.39, 0.29) is 11.3 Å². The molecule has 6 nitrogen and oxygen atoms in total. The largest absolute Gasteiger partial charge is 0.507 e. The van der Waals surface area contributed by atoms with E-state index in [4.69, 9.17) is 4.74 Å². The number of aliphatic hydroxyl groups is 1. The number of anilines is 1. The number of hydrogen-bond acceptors (Lipinski definition) is 5. The molecule has 1 atom stereocenters. The van der Waals surface area contributed by atoms with Gasteiger partial charge in [-0.1, -0.05) is 53.2 Å². The molecule has 35 heavy (non-hydrogen) atoms. The van der Waals surface area contributed by atoms with Gasteiger partial charge in [0.25, 0.3) is 11.7 Å². The number of rotatable bonds is 5. The third-order valence-electron chi connectivity index (χ3n) is 5.96. The Morgan fingerprint density at radius 1 is 1.03 bits per heavy atom. The summed E-state index contributed by atoms with van der Waals surface area (Å²) in [4.78, 5) is 39.3. The number of Topliss-reactive ketones (excluding diaryl/α,β-unsaturated/α-hetero) is 1. The third-order valence-corrected chi connectivity index (χ3v) is 6.85. The van der Waals surface area contributed by atoms with Gasteiger partial charge in [-0.05, 0) is 66.4 Å². The second-order valence-electron chi connectivity index (χ2n) is 8.32. The van der Waals surface area contributed by atoms with Gasteiger partial charge in [0, 0.05) is 22.6 Å². The summed E-state index contributed by atoms with van der Waals surface area (Å²) in [6.45, 7) is 5.22. The van der Waals surface area contributed by atoms with Crippen LogP contribution in [0.1, 0.15) is 42.1 Å². The summed E-state index contributed by atoms with van der Waals surface area (Å²) in [5, 5.41) is 11.3. The minimum Gasteiger partial charge on any atom is -0.507 e. The average Bonchev–Trinajstić information content (AvgIpc) is 3.11. The number of ether oxygens (including phenoxy) is 1. The first-order valence-corrected chi connectivity index (χ1v) is 12.0. The molecule has 1 fully saturated rings. The van der Waals surface area contributed by atoms with Crippen LogP contribution in [0, 0.1) is 6.92 Å². The van der Waals surface area contributed by atoms with Gasteiger partial charge < -0.3 is 9.84 Å². The van der Waals surface area contributed by atoms with Crippen LogP contribution in [-0.2, 0) is 20.8 Å². The summed E-state index contributed by atoms with van der Waals surface area (Å²) in [6.07, 6.45) is 0.836. The number of aliphatic hydroxyl groups excluding tert-OH is 1. The van der Waals surface area contributed by atoms with Crippen LogP contribution in [0.2, 0.25) is 0 Å². The molecule has 0 aromatic heterocycles. The topological polar surface area (TPSA) is 83.9 Å². The highest BCUT2D eigenvalue weighted by Crippen LogP contribution is 2.42. The van der Waals surface area contributed by atoms with Crippen molar-refractivity contribution in [1.82, 2.24) is 0 Å². The number of halogens is 1. The standard InChI is InChI=1S/C28H24BrNO5/c1-4-18-5-10-21(11-6-18)30-25(19-7-12-22(13-8-19)35-17(3)31)24(27(33)28(30)34)26(32)20-9-14-23(29)16(2)15-20/h5-15,25,32H,4H2,1-3H3/b26-24-. The second-order valence-corrected chi connectivity index (χ2v) is 9.17. The molecule has 0 saturated carbocycles. The van der Waals surface area contributed by atoms with Gasteiger partial charge in [0.15, 0.2) is 0 Å². The molecule has 178 valence electrons. The summed E-state index contributed by atoms with van der Waals surface area (Å²) in [5.74, 6) is -1.85. The van der Waals surface area contributed by atoms with Crippen molar-refractivity contribution in [1.29, 1.82) is 0 Å². The van der Waals surface area contributed by atoms with Gasteiger partial charge in [0.2, 0.25) is 0 Å². The van der Waals surface area contributed by atoms with E-state index in [1.54, 1.807) is 54.6 Å². The summed E-state index contributed by atoms with van der Waals surface area (Å²) < 4.78 is 5.99. The number of amides is 1. The number of hydrogen-bond donors (Lipinski definition) is 1. The Morgan fingerprint density at radius 2 is 1.69 bits per heavy atom. The fraction of sp³-hybridized carbons (Fsp3) is 0.179. The molecule has 0 radical (unpaired) electrons. The van der Waals surface area contributed by atoms with Gasteiger partial charge in [-0.15, -0.1) is 0 Å². The molecule has 0 aliphatic carbocycles. The number of nitrogens with zero attached hydrogens (tertiary/aromatic N) is 1. The molecule has 1 unspecified atom stereocenters. The van der Waals surface area contributed by atoms with Crippen LogP contribution >= 0.6 is 15.9 Å². The van der Waals surface area contributed by atoms with E-state index < -0.39 is 23.7 Å². The predicted molar refractivity (Wildman–Crippen MR) is 137 cm³/mol. The Labute approximate surface area is 212 Å². The van der Waals surface area contributed by atoms with Crippen molar-refractivity contribution in [3.63, 3.8) is 0 Å². The molecule has 1 aliphatic heterocycles. The highest BCUT2D eigenvalue weighted by atomic mass is 79.9. The van der Waals surface area contributed by atoms with Gasteiger partial charge in [0.05, 0.1) is 11.6 Å². The second kappa shape index (κ2) is 9.88. The maximum Gasteiger partial charge on any atom is 0.308 e. The summed E-state index contributed by atoms with van der Waals surface area (Å²) in [7, 11) is 0. The van der Waals surface area contributed by atoms with Gasteiger partial charge in [-0.25, -0.2) is 0 Å². The molecule has 1 aliphatic rings. The molecular weight excluding hydrogens is 510 g/mol. The van der Waals surface area contributed by atoms with Crippen LogP contribution in [0.3, 0.4) is 0 Å². The van der Waals surface area contributed by atoms with Crippen LogP contribution < -0.4 is 9.64 Å². The zero-order chi connectivity index (χ0) is 25.3.